The number of rotatable bonds is 13. The van der Waals surface area contributed by atoms with Crippen molar-refractivity contribution in [3.63, 3.8) is 0 Å². The zero-order valence-electron chi connectivity index (χ0n) is 25.5. The van der Waals surface area contributed by atoms with Crippen LogP contribution in [-0.2, 0) is 40.1 Å². The maximum atomic E-state index is 13.1. The summed E-state index contributed by atoms with van der Waals surface area (Å²) >= 11 is 12.4. The van der Waals surface area contributed by atoms with Gasteiger partial charge in [-0.2, -0.15) is 0 Å². The number of allylic oxidation sites excluding steroid dienone is 2. The molecule has 0 fully saturated rings. The second-order valence-electron chi connectivity index (χ2n) is 10.7. The third kappa shape index (κ3) is 7.51. The maximum absolute atomic E-state index is 13.1. The number of nitrogens with one attached hydrogen (secondary N) is 2. The second kappa shape index (κ2) is 14.8. The summed E-state index contributed by atoms with van der Waals surface area (Å²) in [6, 6.07) is 9.61. The fraction of sp³-hybridized carbons (Fsp3) is 0.382. The van der Waals surface area contributed by atoms with Gasteiger partial charge in [0.05, 0.1) is 18.5 Å². The van der Waals surface area contributed by atoms with Crippen LogP contribution in [0.5, 0.6) is 0 Å². The van der Waals surface area contributed by atoms with Gasteiger partial charge in [0.15, 0.2) is 0 Å². The van der Waals surface area contributed by atoms with Gasteiger partial charge < -0.3 is 19.4 Å². The van der Waals surface area contributed by atoms with E-state index in [2.05, 4.69) is 29.9 Å². The van der Waals surface area contributed by atoms with Crippen molar-refractivity contribution in [2.75, 3.05) is 18.9 Å². The molecule has 3 aromatic rings. The van der Waals surface area contributed by atoms with Gasteiger partial charge in [-0.25, -0.2) is 4.79 Å². The third-order valence-electron chi connectivity index (χ3n) is 8.12. The molecule has 0 saturated heterocycles. The summed E-state index contributed by atoms with van der Waals surface area (Å²) in [5, 5.41) is 0. The van der Waals surface area contributed by atoms with Gasteiger partial charge in [-0.1, -0.05) is 30.3 Å². The van der Waals surface area contributed by atoms with E-state index in [1.165, 1.54) is 7.11 Å². The highest BCUT2D eigenvalue weighted by atomic mass is 35.5. The minimum absolute atomic E-state index is 0.197. The number of carbonyl (C=O) groups is 2. The van der Waals surface area contributed by atoms with E-state index in [1.807, 2.05) is 44.2 Å². The van der Waals surface area contributed by atoms with Crippen LogP contribution in [0.3, 0.4) is 0 Å². The Balaban J connectivity index is 1.65. The smallest absolute Gasteiger partial charge is 0.355 e. The molecular weight excluding hydrogens is 585 g/mol. The standard InChI is InChI=1S/C34H39Cl2N3O4/c1-20-23(4)37-29(25(20)11-12-32(40)42-5)18-30-26(13-15-35)21(2)28(38-30)17-31-27(14-16-36)22(3)33(39-31)34(41)43-19-24-9-7-6-8-10-24/h6-10,18,37,39H,11-17,19H2,1-5H3/b30-18+. The number of hydrogen-bond acceptors (Lipinski definition) is 5. The Morgan fingerprint density at radius 2 is 1.65 bits per heavy atom. The van der Waals surface area contributed by atoms with Gasteiger partial charge in [-0.15, -0.1) is 23.2 Å². The number of alkyl halides is 2. The molecule has 3 heterocycles. The number of nitrogens with zero attached hydrogens (tertiary/aromatic N) is 1. The van der Waals surface area contributed by atoms with Crippen LogP contribution in [-0.4, -0.2) is 46.5 Å². The topological polar surface area (TPSA) is 96.5 Å². The molecule has 0 radical (unpaired) electrons. The number of ether oxygens (including phenoxy) is 2. The van der Waals surface area contributed by atoms with E-state index in [0.717, 1.165) is 67.5 Å². The van der Waals surface area contributed by atoms with E-state index < -0.39 is 5.97 Å². The minimum atomic E-state index is -0.399. The summed E-state index contributed by atoms with van der Waals surface area (Å²) in [6.07, 6.45) is 4.71. The average molecular weight is 625 g/mol. The number of benzene rings is 1. The van der Waals surface area contributed by atoms with E-state index in [4.69, 9.17) is 37.7 Å². The predicted octanol–water partition coefficient (Wildman–Crippen LogP) is 7.50. The lowest BCUT2D eigenvalue weighted by Crippen LogP contribution is -2.08. The molecule has 7 nitrogen and oxygen atoms in total. The first-order chi connectivity index (χ1) is 20.7. The monoisotopic (exact) mass is 623 g/mol. The van der Waals surface area contributed by atoms with Crippen LogP contribution in [0.4, 0.5) is 0 Å². The lowest BCUT2D eigenvalue weighted by Gasteiger charge is -2.06. The van der Waals surface area contributed by atoms with E-state index in [1.54, 1.807) is 0 Å². The molecule has 0 spiro atoms. The number of carbonyl (C=O) groups excluding carboxylic acids is 2. The highest BCUT2D eigenvalue weighted by molar-refractivity contribution is 6.18. The molecule has 228 valence electrons. The molecule has 0 atom stereocenters. The van der Waals surface area contributed by atoms with E-state index >= 15 is 0 Å². The minimum Gasteiger partial charge on any atom is -0.469 e. The molecule has 2 aromatic heterocycles. The third-order valence-corrected chi connectivity index (χ3v) is 8.50. The molecule has 1 aliphatic heterocycles. The molecule has 43 heavy (non-hydrogen) atoms. The van der Waals surface area contributed by atoms with Crippen molar-refractivity contribution in [1.82, 2.24) is 9.97 Å². The molecular formula is C34H39Cl2N3O4. The Labute approximate surface area is 263 Å². The van der Waals surface area contributed by atoms with Gasteiger partial charge in [0.25, 0.3) is 0 Å². The number of H-pyrrole nitrogens is 2. The average Bonchev–Trinajstić information content (AvgIpc) is 3.57. The molecule has 4 rings (SSSR count). The molecule has 2 N–H and O–H groups in total. The fourth-order valence-corrected chi connectivity index (χ4v) is 5.90. The lowest BCUT2D eigenvalue weighted by molar-refractivity contribution is -0.140. The van der Waals surface area contributed by atoms with Crippen molar-refractivity contribution < 1.29 is 19.1 Å². The van der Waals surface area contributed by atoms with Crippen molar-refractivity contribution in [2.24, 2.45) is 4.99 Å². The number of aryl methyl sites for hydroxylation is 1. The zero-order valence-corrected chi connectivity index (χ0v) is 27.0. The highest BCUT2D eigenvalue weighted by Crippen LogP contribution is 2.34. The van der Waals surface area contributed by atoms with Crippen LogP contribution in [0.15, 0.2) is 52.2 Å². The number of aliphatic imine (C=N–C) groups is 1. The summed E-state index contributed by atoms with van der Waals surface area (Å²) in [7, 11) is 1.40. The number of esters is 2. The van der Waals surface area contributed by atoms with Gasteiger partial charge in [-0.05, 0) is 92.0 Å². The number of aromatic nitrogens is 2. The van der Waals surface area contributed by atoms with Crippen molar-refractivity contribution in [3.05, 3.63) is 97.8 Å². The first-order valence-electron chi connectivity index (χ1n) is 14.5. The number of aromatic amines is 2. The maximum Gasteiger partial charge on any atom is 0.355 e. The van der Waals surface area contributed by atoms with Crippen molar-refractivity contribution in [3.8, 4) is 0 Å². The van der Waals surface area contributed by atoms with Crippen molar-refractivity contribution in [2.45, 2.75) is 66.4 Å². The predicted molar refractivity (Wildman–Crippen MR) is 173 cm³/mol. The second-order valence-corrected chi connectivity index (χ2v) is 11.5. The normalized spacial score (nSPS) is 14.0. The number of methoxy groups -OCH3 is 1. The van der Waals surface area contributed by atoms with Gasteiger partial charge in [0, 0.05) is 41.7 Å². The van der Waals surface area contributed by atoms with Crippen LogP contribution in [0, 0.1) is 20.8 Å². The number of halogens is 2. The Morgan fingerprint density at radius 1 is 0.930 bits per heavy atom. The largest absolute Gasteiger partial charge is 0.469 e. The van der Waals surface area contributed by atoms with Crippen LogP contribution >= 0.6 is 23.2 Å². The van der Waals surface area contributed by atoms with Crippen LogP contribution in [0.2, 0.25) is 0 Å². The summed E-state index contributed by atoms with van der Waals surface area (Å²) in [6.45, 7) is 8.27. The van der Waals surface area contributed by atoms with Gasteiger partial charge in [-0.3, -0.25) is 9.79 Å². The van der Waals surface area contributed by atoms with Crippen molar-refractivity contribution in [1.29, 1.82) is 0 Å². The summed E-state index contributed by atoms with van der Waals surface area (Å²) in [5.74, 6) is 0.244. The highest BCUT2D eigenvalue weighted by Gasteiger charge is 2.26. The molecule has 0 amide bonds. The summed E-state index contributed by atoms with van der Waals surface area (Å²) in [4.78, 5) is 36.9. The Hall–Kier alpha value is -3.55. The summed E-state index contributed by atoms with van der Waals surface area (Å²) < 4.78 is 10.5. The van der Waals surface area contributed by atoms with E-state index in [-0.39, 0.29) is 12.6 Å². The van der Waals surface area contributed by atoms with Gasteiger partial charge >= 0.3 is 11.9 Å². The first-order valence-corrected chi connectivity index (χ1v) is 15.5. The first kappa shape index (κ1) is 32.4. The fourth-order valence-electron chi connectivity index (χ4n) is 5.52. The Kier molecular flexibility index (Phi) is 11.1. The zero-order chi connectivity index (χ0) is 31.1. The number of hydrogen-bond donors (Lipinski definition) is 2. The van der Waals surface area contributed by atoms with Crippen LogP contribution < -0.4 is 0 Å². The van der Waals surface area contributed by atoms with Crippen molar-refractivity contribution >= 4 is 46.9 Å². The van der Waals surface area contributed by atoms with E-state index in [0.29, 0.717) is 49.6 Å². The molecule has 0 bridgehead atoms. The molecule has 0 saturated carbocycles. The molecule has 0 aliphatic carbocycles. The van der Waals surface area contributed by atoms with Gasteiger partial charge in [0.1, 0.15) is 12.3 Å². The van der Waals surface area contributed by atoms with E-state index in [9.17, 15) is 9.59 Å². The SMILES string of the molecule is COC(=O)CCc1c(/C=C2/N=C(Cc3[nH]c(C(=O)OCc4ccccc4)c(C)c3CCCl)C(C)=C2CCCl)[nH]c(C)c1C. The summed E-state index contributed by atoms with van der Waals surface area (Å²) in [5.41, 5.74) is 12.2. The lowest BCUT2D eigenvalue weighted by atomic mass is 9.98. The van der Waals surface area contributed by atoms with Gasteiger partial charge in [0.2, 0.25) is 0 Å². The Morgan fingerprint density at radius 3 is 2.33 bits per heavy atom. The van der Waals surface area contributed by atoms with Crippen LogP contribution in [0.1, 0.15) is 75.2 Å². The molecule has 9 heteroatoms. The quantitative estimate of drug-likeness (QED) is 0.152. The Bertz CT molecular complexity index is 1580. The molecule has 1 aromatic carbocycles. The van der Waals surface area contributed by atoms with Crippen LogP contribution in [0.25, 0.3) is 6.08 Å². The molecule has 0 unspecified atom stereocenters. The molecule has 1 aliphatic rings.